The van der Waals surface area contributed by atoms with Crippen molar-refractivity contribution in [2.45, 2.75) is 13.3 Å². The van der Waals surface area contributed by atoms with Crippen LogP contribution in [0.15, 0.2) is 36.4 Å². The predicted octanol–water partition coefficient (Wildman–Crippen LogP) is 5.27. The van der Waals surface area contributed by atoms with Crippen molar-refractivity contribution >= 4 is 63.1 Å². The summed E-state index contributed by atoms with van der Waals surface area (Å²) in [5.41, 5.74) is 0.300. The second-order valence-electron chi connectivity index (χ2n) is 5.74. The Morgan fingerprint density at radius 3 is 2.34 bits per heavy atom. The smallest absolute Gasteiger partial charge is 0.315 e. The average Bonchev–Trinajstić information content (AvgIpc) is 2.66. The van der Waals surface area contributed by atoms with Gasteiger partial charge < -0.3 is 14.8 Å². The van der Waals surface area contributed by atoms with Crippen molar-refractivity contribution in [2.75, 3.05) is 11.9 Å². The number of benzene rings is 2. The zero-order valence-corrected chi connectivity index (χ0v) is 17.3. The Bertz CT molecular complexity index is 1070. The molecule has 0 fully saturated rings. The summed E-state index contributed by atoms with van der Waals surface area (Å²) in [5.74, 6) is -0.874. The van der Waals surface area contributed by atoms with Crippen LogP contribution in [-0.4, -0.2) is 28.7 Å². The Kier molecular flexibility index (Phi) is 6.74. The molecule has 29 heavy (non-hydrogen) atoms. The Hall–Kier alpha value is -2.61. The lowest BCUT2D eigenvalue weighted by Gasteiger charge is -2.13. The number of ether oxygens (including phenoxy) is 2. The molecule has 1 aromatic heterocycles. The molecular formula is C19H14Cl3N3O4. The summed E-state index contributed by atoms with van der Waals surface area (Å²) < 4.78 is 10.5. The van der Waals surface area contributed by atoms with Gasteiger partial charge in [-0.2, -0.15) is 0 Å². The lowest BCUT2D eigenvalue weighted by atomic mass is 10.2. The van der Waals surface area contributed by atoms with Crippen LogP contribution in [-0.2, 0) is 14.3 Å². The lowest BCUT2D eigenvalue weighted by Crippen LogP contribution is -2.18. The van der Waals surface area contributed by atoms with Gasteiger partial charge in [-0.15, -0.1) is 10.2 Å². The molecule has 2 aromatic carbocycles. The fourth-order valence-electron chi connectivity index (χ4n) is 2.50. The summed E-state index contributed by atoms with van der Waals surface area (Å²) in [6, 6.07) is 10.1. The summed E-state index contributed by atoms with van der Waals surface area (Å²) >= 11 is 18.6. The minimum atomic E-state index is -0.629. The van der Waals surface area contributed by atoms with Crippen LogP contribution in [0.4, 0.5) is 5.69 Å². The quantitative estimate of drug-likeness (QED) is 0.403. The zero-order chi connectivity index (χ0) is 21.0. The number of nitrogens with one attached hydrogen (secondary N) is 1. The molecule has 0 atom stereocenters. The third-order valence-electron chi connectivity index (χ3n) is 3.70. The zero-order valence-electron chi connectivity index (χ0n) is 15.0. The maximum Gasteiger partial charge on any atom is 0.315 e. The number of carbonyl (C=O) groups excluding carboxylic acids is 2. The van der Waals surface area contributed by atoms with Gasteiger partial charge in [0.2, 0.25) is 11.8 Å². The maximum absolute atomic E-state index is 11.9. The molecule has 1 N–H and O–H groups in total. The molecular weight excluding hydrogens is 441 g/mol. The highest BCUT2D eigenvalue weighted by Gasteiger charge is 2.17. The standard InChI is InChI=1S/C19H14Cl3N3O4/c1-2-28-16(27)9-15(26)23-10-7-13(20)17(14(21)8-10)29-19-12-6-4-3-5-11(12)18(22)24-25-19/h3-8H,2,9H2,1H3,(H,23,26). The molecule has 0 bridgehead atoms. The van der Waals surface area contributed by atoms with Gasteiger partial charge in [-0.25, -0.2) is 0 Å². The molecule has 10 heteroatoms. The summed E-state index contributed by atoms with van der Waals surface area (Å²) in [7, 11) is 0. The van der Waals surface area contributed by atoms with Crippen molar-refractivity contribution in [3.63, 3.8) is 0 Å². The van der Waals surface area contributed by atoms with E-state index in [1.54, 1.807) is 25.1 Å². The van der Waals surface area contributed by atoms with Gasteiger partial charge in [0, 0.05) is 16.5 Å². The molecule has 1 amide bonds. The van der Waals surface area contributed by atoms with E-state index in [0.717, 1.165) is 0 Å². The summed E-state index contributed by atoms with van der Waals surface area (Å²) in [4.78, 5) is 23.3. The number of nitrogens with zero attached hydrogens (tertiary/aromatic N) is 2. The van der Waals surface area contributed by atoms with E-state index in [-0.39, 0.29) is 33.4 Å². The van der Waals surface area contributed by atoms with Crippen molar-refractivity contribution < 1.29 is 19.1 Å². The van der Waals surface area contributed by atoms with E-state index in [1.807, 2.05) is 6.07 Å². The van der Waals surface area contributed by atoms with E-state index in [1.165, 1.54) is 12.1 Å². The van der Waals surface area contributed by atoms with Crippen LogP contribution in [0, 0.1) is 0 Å². The van der Waals surface area contributed by atoms with Gasteiger partial charge in [-0.1, -0.05) is 53.0 Å². The number of aromatic nitrogens is 2. The Balaban J connectivity index is 1.83. The normalized spacial score (nSPS) is 10.6. The third kappa shape index (κ3) is 5.06. The minimum Gasteiger partial charge on any atom is -0.466 e. The van der Waals surface area contributed by atoms with Crippen LogP contribution in [0.5, 0.6) is 11.6 Å². The Morgan fingerprint density at radius 1 is 1.03 bits per heavy atom. The fourth-order valence-corrected chi connectivity index (χ4v) is 3.26. The van der Waals surface area contributed by atoms with Crippen LogP contribution in [0.3, 0.4) is 0 Å². The largest absolute Gasteiger partial charge is 0.466 e. The van der Waals surface area contributed by atoms with Gasteiger partial charge in [0.15, 0.2) is 10.9 Å². The highest BCUT2D eigenvalue weighted by Crippen LogP contribution is 2.40. The van der Waals surface area contributed by atoms with Gasteiger partial charge in [-0.3, -0.25) is 9.59 Å². The van der Waals surface area contributed by atoms with E-state index in [9.17, 15) is 9.59 Å². The molecule has 1 heterocycles. The van der Waals surface area contributed by atoms with Gasteiger partial charge in [-0.05, 0) is 25.1 Å². The minimum absolute atomic E-state index is 0.129. The Labute approximate surface area is 180 Å². The van der Waals surface area contributed by atoms with Crippen LogP contribution in [0.25, 0.3) is 10.8 Å². The molecule has 7 nitrogen and oxygen atoms in total. The average molecular weight is 455 g/mol. The number of hydrogen-bond acceptors (Lipinski definition) is 6. The summed E-state index contributed by atoms with van der Waals surface area (Å²) in [5, 5.41) is 12.2. The second kappa shape index (κ2) is 9.26. The number of anilines is 1. The van der Waals surface area contributed by atoms with Crippen molar-refractivity contribution in [3.8, 4) is 11.6 Å². The number of hydrogen-bond donors (Lipinski definition) is 1. The maximum atomic E-state index is 11.9. The van der Waals surface area contributed by atoms with Gasteiger partial charge in [0.05, 0.1) is 16.7 Å². The first-order valence-electron chi connectivity index (χ1n) is 8.42. The predicted molar refractivity (Wildman–Crippen MR) is 111 cm³/mol. The first-order chi connectivity index (χ1) is 13.9. The van der Waals surface area contributed by atoms with E-state index >= 15 is 0 Å². The molecule has 3 rings (SSSR count). The highest BCUT2D eigenvalue weighted by molar-refractivity contribution is 6.38. The second-order valence-corrected chi connectivity index (χ2v) is 6.92. The molecule has 150 valence electrons. The first kappa shape index (κ1) is 21.1. The van der Waals surface area contributed by atoms with E-state index in [0.29, 0.717) is 16.5 Å². The van der Waals surface area contributed by atoms with Crippen LogP contribution in [0.2, 0.25) is 15.2 Å². The van der Waals surface area contributed by atoms with Crippen LogP contribution >= 0.6 is 34.8 Å². The highest BCUT2D eigenvalue weighted by atomic mass is 35.5. The summed E-state index contributed by atoms with van der Waals surface area (Å²) in [6.07, 6.45) is -0.423. The van der Waals surface area contributed by atoms with Crippen LogP contribution in [0.1, 0.15) is 13.3 Å². The topological polar surface area (TPSA) is 90.4 Å². The van der Waals surface area contributed by atoms with Crippen LogP contribution < -0.4 is 10.1 Å². The molecule has 0 unspecified atom stereocenters. The number of amides is 1. The van der Waals surface area contributed by atoms with E-state index in [4.69, 9.17) is 44.3 Å². The number of rotatable bonds is 6. The molecule has 0 aliphatic heterocycles. The van der Waals surface area contributed by atoms with Crippen molar-refractivity contribution in [1.82, 2.24) is 10.2 Å². The molecule has 0 saturated carbocycles. The SMILES string of the molecule is CCOC(=O)CC(=O)Nc1cc(Cl)c(Oc2nnc(Cl)c3ccccc23)c(Cl)c1. The van der Waals surface area contributed by atoms with Crippen molar-refractivity contribution in [1.29, 1.82) is 0 Å². The monoisotopic (exact) mass is 453 g/mol. The van der Waals surface area contributed by atoms with E-state index < -0.39 is 18.3 Å². The number of halogens is 3. The van der Waals surface area contributed by atoms with Gasteiger partial charge >= 0.3 is 5.97 Å². The number of carbonyl (C=O) groups is 2. The van der Waals surface area contributed by atoms with Gasteiger partial charge in [0.25, 0.3) is 0 Å². The molecule has 0 aliphatic carbocycles. The summed E-state index contributed by atoms with van der Waals surface area (Å²) in [6.45, 7) is 1.85. The fraction of sp³-hybridized carbons (Fsp3) is 0.158. The van der Waals surface area contributed by atoms with Gasteiger partial charge in [0.1, 0.15) is 6.42 Å². The third-order valence-corrected chi connectivity index (χ3v) is 4.54. The number of fused-ring (bicyclic) bond motifs is 1. The van der Waals surface area contributed by atoms with Crippen molar-refractivity contribution in [3.05, 3.63) is 51.6 Å². The first-order valence-corrected chi connectivity index (χ1v) is 9.55. The van der Waals surface area contributed by atoms with Crippen molar-refractivity contribution in [2.24, 2.45) is 0 Å². The molecule has 0 spiro atoms. The molecule has 0 aliphatic rings. The molecule has 0 radical (unpaired) electrons. The molecule has 0 saturated heterocycles. The lowest BCUT2D eigenvalue weighted by molar-refractivity contribution is -0.145. The molecule has 3 aromatic rings. The number of esters is 1. The van der Waals surface area contributed by atoms with E-state index in [2.05, 4.69) is 15.5 Å². The Morgan fingerprint density at radius 2 is 1.69 bits per heavy atom.